The van der Waals surface area contributed by atoms with Crippen LogP contribution in [0.25, 0.3) is 0 Å². The van der Waals surface area contributed by atoms with Crippen LogP contribution >= 0.6 is 0 Å². The minimum atomic E-state index is -1.33. The molecular weight excluding hydrogens is 272 g/mol. The van der Waals surface area contributed by atoms with Gasteiger partial charge < -0.3 is 5.11 Å². The first-order valence-electron chi connectivity index (χ1n) is 8.81. The van der Waals surface area contributed by atoms with Crippen LogP contribution in [-0.2, 0) is 10.4 Å². The van der Waals surface area contributed by atoms with Crippen LogP contribution in [0.2, 0.25) is 0 Å². The largest absolute Gasteiger partial charge is 0.384 e. The molecule has 0 spiro atoms. The van der Waals surface area contributed by atoms with Crippen molar-refractivity contribution in [1.29, 1.82) is 1.43 Å². The molecule has 2 rings (SSSR count). The van der Waals surface area contributed by atoms with Gasteiger partial charge in [0.2, 0.25) is 1.43 Å². The standard InChI is InChI=1S/C20H26O2/c1-14(2)19(21)16-10-12-18(13-11-16)20(22,15(3)4)17-8-6-5-7-9-17/h5-16,18,22H,1-4H3/t16?,18?,20-/m1/s1/i16D,22D. The van der Waals surface area contributed by atoms with Crippen molar-refractivity contribution in [2.75, 3.05) is 0 Å². The smallest absolute Gasteiger partial charge is 0.211 e. The van der Waals surface area contributed by atoms with E-state index in [-0.39, 0.29) is 23.5 Å². The SMILES string of the molecule is [2H]O[C@@](c1ccccc1)(C(C)C)C1C=CC([2H])(C(=O)C(C)C)C=C1. The van der Waals surface area contributed by atoms with Gasteiger partial charge in [0.25, 0.3) is 0 Å². The number of Topliss-reactive ketones (excluding diaryl/α,β-unsaturated/α-hetero) is 1. The summed E-state index contributed by atoms with van der Waals surface area (Å²) in [4.78, 5) is 12.3. The normalized spacial score (nSPS) is 28.4. The van der Waals surface area contributed by atoms with Crippen molar-refractivity contribution in [3.63, 3.8) is 0 Å². The summed E-state index contributed by atoms with van der Waals surface area (Å²) in [5.41, 5.74) is 0.0678. The molecule has 0 heterocycles. The molecule has 22 heavy (non-hydrogen) atoms. The molecule has 0 amide bonds. The molecule has 0 fully saturated rings. The van der Waals surface area contributed by atoms with E-state index in [4.69, 9.17) is 7.91 Å². The zero-order valence-corrected chi connectivity index (χ0v) is 13.7. The molecule has 0 radical (unpaired) electrons. The van der Waals surface area contributed by atoms with Crippen LogP contribution in [0.3, 0.4) is 0 Å². The Morgan fingerprint density at radius 3 is 2.18 bits per heavy atom. The van der Waals surface area contributed by atoms with Gasteiger partial charge in [-0.15, -0.1) is 0 Å². The van der Waals surface area contributed by atoms with Gasteiger partial charge in [-0.25, -0.2) is 0 Å². The molecule has 2 heteroatoms. The lowest BCUT2D eigenvalue weighted by atomic mass is 9.71. The molecule has 1 aliphatic rings. The van der Waals surface area contributed by atoms with E-state index in [0.717, 1.165) is 5.56 Å². The van der Waals surface area contributed by atoms with Crippen molar-refractivity contribution >= 4 is 5.78 Å². The summed E-state index contributed by atoms with van der Waals surface area (Å²) in [5.74, 6) is -1.84. The molecule has 0 saturated carbocycles. The predicted molar refractivity (Wildman–Crippen MR) is 90.3 cm³/mol. The summed E-state index contributed by atoms with van der Waals surface area (Å²) in [6.45, 7) is 7.65. The molecule has 0 saturated heterocycles. The highest BCUT2D eigenvalue weighted by atomic mass is 16.3. The maximum absolute atomic E-state index is 12.3. The second kappa shape index (κ2) is 6.62. The predicted octanol–water partition coefficient (Wildman–Crippen LogP) is 4.11. The van der Waals surface area contributed by atoms with E-state index in [1.54, 1.807) is 12.2 Å². The highest BCUT2D eigenvalue weighted by molar-refractivity contribution is 5.86. The van der Waals surface area contributed by atoms with Crippen molar-refractivity contribution < 1.29 is 11.3 Å². The maximum Gasteiger partial charge on any atom is 0.211 e. The average Bonchev–Trinajstić information content (AvgIpc) is 2.57. The zero-order chi connectivity index (χ0) is 18.0. The molecule has 1 aromatic carbocycles. The summed E-state index contributed by atoms with van der Waals surface area (Å²) in [7, 11) is 0. The Morgan fingerprint density at radius 2 is 1.73 bits per heavy atom. The lowest BCUT2D eigenvalue weighted by Gasteiger charge is -2.38. The fourth-order valence-electron chi connectivity index (χ4n) is 2.93. The number of hydrogen-bond donors (Lipinski definition) is 1. The van der Waals surface area contributed by atoms with Crippen molar-refractivity contribution in [3.05, 3.63) is 60.2 Å². The zero-order valence-electron chi connectivity index (χ0n) is 15.7. The Balaban J connectivity index is 2.42. The van der Waals surface area contributed by atoms with Gasteiger partial charge in [-0.05, 0) is 11.5 Å². The van der Waals surface area contributed by atoms with Crippen molar-refractivity contribution in [1.82, 2.24) is 0 Å². The molecule has 0 aliphatic heterocycles. The highest BCUT2D eigenvalue weighted by Gasteiger charge is 2.39. The van der Waals surface area contributed by atoms with E-state index >= 15 is 0 Å². The van der Waals surface area contributed by atoms with Gasteiger partial charge in [0.15, 0.2) is 0 Å². The number of carbonyl (C=O) groups excluding carboxylic acids is 1. The van der Waals surface area contributed by atoms with Crippen LogP contribution < -0.4 is 0 Å². The summed E-state index contributed by atoms with van der Waals surface area (Å²) in [6, 6.07) is 9.70. The Hall–Kier alpha value is -1.67. The van der Waals surface area contributed by atoms with Gasteiger partial charge in [-0.3, -0.25) is 4.79 Å². The second-order valence-corrected chi connectivity index (χ2v) is 6.53. The second-order valence-electron chi connectivity index (χ2n) is 6.53. The minimum absolute atomic E-state index is 0.0377. The Labute approximate surface area is 136 Å². The summed E-state index contributed by atoms with van der Waals surface area (Å²) < 4.78 is 16.2. The first-order chi connectivity index (χ1) is 11.3. The van der Waals surface area contributed by atoms with Crippen LogP contribution in [0, 0.1) is 23.6 Å². The molecular formula is C20H26O2. The lowest BCUT2D eigenvalue weighted by Crippen LogP contribution is -2.39. The minimum Gasteiger partial charge on any atom is -0.384 e. The van der Waals surface area contributed by atoms with Crippen LogP contribution in [0.15, 0.2) is 54.6 Å². The molecule has 0 bridgehead atoms. The fraction of sp³-hybridized carbons (Fsp3) is 0.450. The van der Waals surface area contributed by atoms with E-state index in [2.05, 4.69) is 0 Å². The first kappa shape index (κ1) is 14.0. The van der Waals surface area contributed by atoms with E-state index in [1.807, 2.05) is 70.2 Å². The number of ketones is 1. The summed E-state index contributed by atoms with van der Waals surface area (Å²) in [6.07, 6.45) is 6.96. The average molecular weight is 300 g/mol. The lowest BCUT2D eigenvalue weighted by molar-refractivity contribution is -0.123. The molecule has 1 aliphatic carbocycles. The van der Waals surface area contributed by atoms with Crippen LogP contribution in [0.1, 0.15) is 34.6 Å². The Kier molecular flexibility index (Phi) is 4.20. The molecule has 1 N–H and O–H groups in total. The number of carbonyl (C=O) groups is 1. The van der Waals surface area contributed by atoms with Crippen LogP contribution in [0.5, 0.6) is 0 Å². The quantitative estimate of drug-likeness (QED) is 0.803. The van der Waals surface area contributed by atoms with E-state index in [1.165, 1.54) is 0 Å². The fourth-order valence-corrected chi connectivity index (χ4v) is 2.93. The first-order valence-corrected chi connectivity index (χ1v) is 7.91. The molecule has 1 aromatic rings. The van der Waals surface area contributed by atoms with Gasteiger partial charge in [0.05, 0.1) is 5.89 Å². The van der Waals surface area contributed by atoms with Gasteiger partial charge in [0.1, 0.15) is 11.4 Å². The number of aliphatic hydroxyl groups is 1. The summed E-state index contributed by atoms with van der Waals surface area (Å²) in [5, 5.41) is 5.30. The molecule has 118 valence electrons. The van der Waals surface area contributed by atoms with Gasteiger partial charge in [-0.2, -0.15) is 0 Å². The van der Waals surface area contributed by atoms with Gasteiger partial charge >= 0.3 is 0 Å². The number of allylic oxidation sites excluding steroid dienone is 2. The third kappa shape index (κ3) is 3.07. The number of rotatable bonds is 6. The topological polar surface area (TPSA) is 37.3 Å². The summed E-state index contributed by atoms with van der Waals surface area (Å²) >= 11 is 0. The number of benzene rings is 1. The molecule has 0 unspecified atom stereocenters. The van der Waals surface area contributed by atoms with Gasteiger partial charge in [0, 0.05) is 13.2 Å². The Bertz CT molecular complexity index is 620. The third-order valence-electron chi connectivity index (χ3n) is 4.35. The highest BCUT2D eigenvalue weighted by Crippen LogP contribution is 2.40. The monoisotopic (exact) mass is 300 g/mol. The maximum atomic E-state index is 12.3. The van der Waals surface area contributed by atoms with Gasteiger partial charge in [-0.1, -0.05) is 82.3 Å². The van der Waals surface area contributed by atoms with Crippen molar-refractivity contribution in [2.45, 2.75) is 33.3 Å². The van der Waals surface area contributed by atoms with Crippen LogP contribution in [0.4, 0.5) is 0 Å². The molecule has 0 aromatic heterocycles. The van der Waals surface area contributed by atoms with E-state index in [0.29, 0.717) is 0 Å². The van der Waals surface area contributed by atoms with E-state index < -0.39 is 11.5 Å². The molecule has 2 nitrogen and oxygen atoms in total. The number of hydrogen-bond acceptors (Lipinski definition) is 2. The van der Waals surface area contributed by atoms with Crippen molar-refractivity contribution in [3.8, 4) is 0 Å². The Morgan fingerprint density at radius 1 is 1.14 bits per heavy atom. The molecule has 1 atom stereocenters. The van der Waals surface area contributed by atoms with E-state index in [9.17, 15) is 4.79 Å². The van der Waals surface area contributed by atoms with Crippen LogP contribution in [-0.4, -0.2) is 12.3 Å². The third-order valence-corrected chi connectivity index (χ3v) is 4.35. The van der Waals surface area contributed by atoms with Crippen molar-refractivity contribution in [2.24, 2.45) is 23.6 Å².